The van der Waals surface area contributed by atoms with Crippen molar-refractivity contribution in [3.05, 3.63) is 39.9 Å². The number of thioether (sulfide) groups is 1. The van der Waals surface area contributed by atoms with Crippen LogP contribution in [0.2, 0.25) is 5.02 Å². The van der Waals surface area contributed by atoms with Gasteiger partial charge in [0.05, 0.1) is 15.8 Å². The first-order valence-electron chi connectivity index (χ1n) is 5.77. The molecule has 0 aliphatic carbocycles. The molecule has 0 aliphatic rings. The first-order chi connectivity index (χ1) is 11.1. The molecule has 0 saturated heterocycles. The van der Waals surface area contributed by atoms with Crippen LogP contribution in [0.3, 0.4) is 0 Å². The van der Waals surface area contributed by atoms with Crippen molar-refractivity contribution in [3.8, 4) is 11.8 Å². The number of alkyl halides is 4. The molecule has 0 N–H and O–H groups in total. The van der Waals surface area contributed by atoms with Crippen molar-refractivity contribution in [2.45, 2.75) is 16.3 Å². The lowest BCUT2D eigenvalue weighted by atomic mass is 10.1. The lowest BCUT2D eigenvalue weighted by molar-refractivity contribution is -0.0328. The maximum atomic E-state index is 14.1. The molecule has 0 fully saturated rings. The van der Waals surface area contributed by atoms with Crippen LogP contribution in [-0.2, 0) is 5.88 Å². The van der Waals surface area contributed by atoms with E-state index < -0.39 is 67.5 Å². The van der Waals surface area contributed by atoms with Crippen molar-refractivity contribution in [1.29, 1.82) is 5.26 Å². The Morgan fingerprint density at radius 1 is 1.21 bits per heavy atom. The molecule has 2 rings (SSSR count). The largest absolute Gasteiger partial charge is 0.446 e. The number of aromatic nitrogens is 2. The van der Waals surface area contributed by atoms with Gasteiger partial charge < -0.3 is 0 Å². The number of hydrogen-bond donors (Lipinski definition) is 0. The molecule has 12 heteroatoms. The summed E-state index contributed by atoms with van der Waals surface area (Å²) in [6.07, 6.45) is 0.652. The van der Waals surface area contributed by atoms with E-state index in [0.717, 1.165) is 0 Å². The van der Waals surface area contributed by atoms with Gasteiger partial charge in [0.2, 0.25) is 0 Å². The van der Waals surface area contributed by atoms with Crippen LogP contribution in [0, 0.1) is 28.8 Å². The first kappa shape index (κ1) is 18.8. The molecule has 0 aliphatic heterocycles. The van der Waals surface area contributed by atoms with Gasteiger partial charge in [-0.3, -0.25) is 0 Å². The molecule has 1 aromatic heterocycles. The third-order valence-electron chi connectivity index (χ3n) is 2.71. The van der Waals surface area contributed by atoms with Gasteiger partial charge in [-0.1, -0.05) is 11.6 Å². The van der Waals surface area contributed by atoms with Gasteiger partial charge in [-0.25, -0.2) is 17.9 Å². The predicted octanol–water partition coefficient (Wildman–Crippen LogP) is 5.17. The highest BCUT2D eigenvalue weighted by atomic mass is 35.5. The molecule has 0 amide bonds. The standard InChI is InChI=1S/C12H3Cl2F6N3S/c13-1-4-7(14)8(15)9(16)10(17)11(4)23-3-6(5(2-21)22-23)24-12(18,19)20/h3H,1H2. The molecule has 128 valence electrons. The molecule has 0 bridgehead atoms. The Labute approximate surface area is 144 Å². The molecule has 0 saturated carbocycles. The second-order valence-electron chi connectivity index (χ2n) is 4.16. The zero-order chi connectivity index (χ0) is 18.2. The second-order valence-corrected chi connectivity index (χ2v) is 5.91. The summed E-state index contributed by atoms with van der Waals surface area (Å²) in [6, 6.07) is 1.40. The zero-order valence-electron chi connectivity index (χ0n) is 11.1. The SMILES string of the molecule is N#Cc1nn(-c2c(F)c(F)c(F)c(Cl)c2CCl)cc1SC(F)(F)F. The third kappa shape index (κ3) is 3.43. The highest BCUT2D eigenvalue weighted by Gasteiger charge is 2.33. The molecule has 3 nitrogen and oxygen atoms in total. The number of benzene rings is 1. The summed E-state index contributed by atoms with van der Waals surface area (Å²) in [5.74, 6) is -5.96. The highest BCUT2D eigenvalue weighted by Crippen LogP contribution is 2.39. The monoisotopic (exact) mass is 405 g/mol. The van der Waals surface area contributed by atoms with Crippen molar-refractivity contribution in [3.63, 3.8) is 0 Å². The lowest BCUT2D eigenvalue weighted by Crippen LogP contribution is -2.08. The van der Waals surface area contributed by atoms with Gasteiger partial charge in [0.15, 0.2) is 23.1 Å². The van der Waals surface area contributed by atoms with Gasteiger partial charge in [0.25, 0.3) is 0 Å². The number of rotatable bonds is 3. The van der Waals surface area contributed by atoms with Gasteiger partial charge in [0.1, 0.15) is 11.8 Å². The summed E-state index contributed by atoms with van der Waals surface area (Å²) in [5, 5.41) is 11.5. The fourth-order valence-electron chi connectivity index (χ4n) is 1.78. The summed E-state index contributed by atoms with van der Waals surface area (Å²) >= 11 is 10.4. The molecule has 1 aromatic carbocycles. The van der Waals surface area contributed by atoms with E-state index in [2.05, 4.69) is 5.10 Å². The maximum absolute atomic E-state index is 14.1. The van der Waals surface area contributed by atoms with Crippen LogP contribution in [0.25, 0.3) is 5.69 Å². The van der Waals surface area contributed by atoms with E-state index in [-0.39, 0.29) is 0 Å². The fraction of sp³-hybridized carbons (Fsp3) is 0.167. The van der Waals surface area contributed by atoms with Crippen molar-refractivity contribution in [1.82, 2.24) is 9.78 Å². The van der Waals surface area contributed by atoms with Crippen LogP contribution in [0.1, 0.15) is 11.3 Å². The Hall–Kier alpha value is -1.57. The van der Waals surface area contributed by atoms with Crippen molar-refractivity contribution >= 4 is 35.0 Å². The molecule has 24 heavy (non-hydrogen) atoms. The first-order valence-corrected chi connectivity index (χ1v) is 7.50. The van der Waals surface area contributed by atoms with Crippen LogP contribution >= 0.6 is 35.0 Å². The molecular formula is C12H3Cl2F6N3S. The van der Waals surface area contributed by atoms with E-state index in [0.29, 0.717) is 10.9 Å². The van der Waals surface area contributed by atoms with Gasteiger partial charge in [-0.15, -0.1) is 11.6 Å². The second kappa shape index (κ2) is 6.74. The molecular weight excluding hydrogens is 403 g/mol. The van der Waals surface area contributed by atoms with E-state index in [1.54, 1.807) is 0 Å². The van der Waals surface area contributed by atoms with E-state index in [1.807, 2.05) is 0 Å². The van der Waals surface area contributed by atoms with Gasteiger partial charge >= 0.3 is 5.51 Å². The Kier molecular flexibility index (Phi) is 5.27. The quantitative estimate of drug-likeness (QED) is 0.232. The van der Waals surface area contributed by atoms with Gasteiger partial charge in [-0.05, 0) is 11.8 Å². The molecule has 0 radical (unpaired) electrons. The lowest BCUT2D eigenvalue weighted by Gasteiger charge is -2.12. The average molecular weight is 406 g/mol. The number of halogens is 8. The van der Waals surface area contributed by atoms with Crippen molar-refractivity contribution < 1.29 is 26.3 Å². The van der Waals surface area contributed by atoms with Gasteiger partial charge in [-0.2, -0.15) is 23.5 Å². The van der Waals surface area contributed by atoms with Crippen LogP contribution in [0.15, 0.2) is 11.1 Å². The van der Waals surface area contributed by atoms with E-state index in [4.69, 9.17) is 28.5 Å². The van der Waals surface area contributed by atoms with Crippen LogP contribution in [-0.4, -0.2) is 15.3 Å². The number of nitrogens with zero attached hydrogens (tertiary/aromatic N) is 3. The minimum absolute atomic E-state index is 0.426. The minimum atomic E-state index is -4.74. The smallest absolute Gasteiger partial charge is 0.235 e. The van der Waals surface area contributed by atoms with Crippen LogP contribution < -0.4 is 0 Å². The summed E-state index contributed by atoms with van der Waals surface area (Å²) in [5.41, 5.74) is -6.62. The topological polar surface area (TPSA) is 41.6 Å². The normalized spacial score (nSPS) is 11.6. The predicted molar refractivity (Wildman–Crippen MR) is 74.6 cm³/mol. The summed E-state index contributed by atoms with van der Waals surface area (Å²) in [7, 11) is 0. The molecule has 0 unspecified atom stereocenters. The Bertz CT molecular complexity index is 843. The van der Waals surface area contributed by atoms with Gasteiger partial charge in [0, 0.05) is 11.8 Å². The van der Waals surface area contributed by atoms with Crippen molar-refractivity contribution in [2.75, 3.05) is 0 Å². The van der Waals surface area contributed by atoms with E-state index >= 15 is 0 Å². The fourth-order valence-corrected chi connectivity index (χ4v) is 2.93. The molecule has 1 heterocycles. The van der Waals surface area contributed by atoms with E-state index in [1.165, 1.54) is 6.07 Å². The Morgan fingerprint density at radius 2 is 1.83 bits per heavy atom. The van der Waals surface area contributed by atoms with Crippen LogP contribution in [0.5, 0.6) is 0 Å². The summed E-state index contributed by atoms with van der Waals surface area (Å²) in [6.45, 7) is 0. The molecule has 2 aromatic rings. The maximum Gasteiger partial charge on any atom is 0.446 e. The molecule has 0 spiro atoms. The minimum Gasteiger partial charge on any atom is -0.235 e. The third-order valence-corrected chi connectivity index (χ3v) is 4.12. The van der Waals surface area contributed by atoms with Crippen molar-refractivity contribution in [2.24, 2.45) is 0 Å². The summed E-state index contributed by atoms with van der Waals surface area (Å²) in [4.78, 5) is -0.647. The molecule has 0 atom stereocenters. The highest BCUT2D eigenvalue weighted by molar-refractivity contribution is 8.00. The zero-order valence-corrected chi connectivity index (χ0v) is 13.4. The average Bonchev–Trinajstić information content (AvgIpc) is 2.88. The Morgan fingerprint density at radius 3 is 2.33 bits per heavy atom. The number of nitriles is 1. The Balaban J connectivity index is 2.72. The summed E-state index contributed by atoms with van der Waals surface area (Å²) < 4.78 is 78.9. The van der Waals surface area contributed by atoms with E-state index in [9.17, 15) is 26.3 Å². The number of hydrogen-bond acceptors (Lipinski definition) is 3. The van der Waals surface area contributed by atoms with Crippen LogP contribution in [0.4, 0.5) is 26.3 Å².